The topological polar surface area (TPSA) is 24.9 Å². The fourth-order valence-electron chi connectivity index (χ4n) is 1.76. The third-order valence-corrected chi connectivity index (χ3v) is 2.63. The van der Waals surface area contributed by atoms with Gasteiger partial charge < -0.3 is 5.32 Å². The first-order chi connectivity index (χ1) is 8.63. The summed E-state index contributed by atoms with van der Waals surface area (Å²) in [4.78, 5) is 3.92. The molecule has 1 atom stereocenters. The molecule has 1 aromatic carbocycles. The van der Waals surface area contributed by atoms with Crippen LogP contribution in [0.5, 0.6) is 0 Å². The number of nitrogens with one attached hydrogen (secondary N) is 1. The third-order valence-electron chi connectivity index (χ3n) is 2.63. The minimum Gasteiger partial charge on any atom is -0.308 e. The molecule has 0 aliphatic rings. The Balaban J connectivity index is 2.45. The molecule has 1 heterocycles. The predicted molar refractivity (Wildman–Crippen MR) is 61.5 cm³/mol. The lowest BCUT2D eigenvalue weighted by Crippen LogP contribution is -2.20. The molecule has 1 aromatic heterocycles. The van der Waals surface area contributed by atoms with Gasteiger partial charge in [-0.2, -0.15) is 0 Å². The van der Waals surface area contributed by atoms with Crippen LogP contribution in [0.4, 0.5) is 13.2 Å². The number of hydrogen-bond donors (Lipinski definition) is 1. The normalized spacial score (nSPS) is 12.4. The van der Waals surface area contributed by atoms with Crippen molar-refractivity contribution in [2.75, 3.05) is 7.05 Å². The van der Waals surface area contributed by atoms with Gasteiger partial charge in [-0.15, -0.1) is 0 Å². The Bertz CT molecular complexity index is 558. The van der Waals surface area contributed by atoms with Gasteiger partial charge >= 0.3 is 0 Å². The predicted octanol–water partition coefficient (Wildman–Crippen LogP) is 2.81. The first kappa shape index (κ1) is 12.6. The van der Waals surface area contributed by atoms with Gasteiger partial charge in [0.25, 0.3) is 0 Å². The molecule has 2 rings (SSSR count). The van der Waals surface area contributed by atoms with Crippen molar-refractivity contribution in [1.82, 2.24) is 10.3 Å². The summed E-state index contributed by atoms with van der Waals surface area (Å²) in [6, 6.07) is 5.55. The van der Waals surface area contributed by atoms with Crippen molar-refractivity contribution in [3.05, 3.63) is 65.2 Å². The summed E-state index contributed by atoms with van der Waals surface area (Å²) < 4.78 is 39.7. The third kappa shape index (κ3) is 2.36. The van der Waals surface area contributed by atoms with Crippen LogP contribution in [0.15, 0.2) is 36.5 Å². The van der Waals surface area contributed by atoms with E-state index in [2.05, 4.69) is 10.3 Å². The Kier molecular flexibility index (Phi) is 3.62. The molecule has 18 heavy (non-hydrogen) atoms. The summed E-state index contributed by atoms with van der Waals surface area (Å²) in [7, 11) is 1.60. The van der Waals surface area contributed by atoms with Gasteiger partial charge in [-0.05, 0) is 36.9 Å². The van der Waals surface area contributed by atoms with Crippen molar-refractivity contribution in [2.24, 2.45) is 0 Å². The molecule has 1 N–H and O–H groups in total. The summed E-state index contributed by atoms with van der Waals surface area (Å²) >= 11 is 0. The van der Waals surface area contributed by atoms with Crippen molar-refractivity contribution in [3.8, 4) is 0 Å². The smallest absolute Gasteiger partial charge is 0.159 e. The summed E-state index contributed by atoms with van der Waals surface area (Å²) in [5, 5.41) is 2.83. The van der Waals surface area contributed by atoms with Gasteiger partial charge in [0.15, 0.2) is 11.6 Å². The fourth-order valence-corrected chi connectivity index (χ4v) is 1.76. The molecule has 0 fully saturated rings. The number of nitrogens with zero attached hydrogens (tertiary/aromatic N) is 1. The quantitative estimate of drug-likeness (QED) is 0.908. The average molecular weight is 252 g/mol. The summed E-state index contributed by atoms with van der Waals surface area (Å²) in [5.74, 6) is -2.40. The molecule has 0 aliphatic heterocycles. The van der Waals surface area contributed by atoms with E-state index < -0.39 is 23.5 Å². The second-order valence-corrected chi connectivity index (χ2v) is 3.77. The minimum absolute atomic E-state index is 0.144. The number of halogens is 3. The summed E-state index contributed by atoms with van der Waals surface area (Å²) in [5.41, 5.74) is 0.556. The van der Waals surface area contributed by atoms with Gasteiger partial charge in [0.1, 0.15) is 5.82 Å². The van der Waals surface area contributed by atoms with Gasteiger partial charge in [0, 0.05) is 6.20 Å². The highest BCUT2D eigenvalue weighted by molar-refractivity contribution is 5.29. The average Bonchev–Trinajstić information content (AvgIpc) is 2.37. The molecule has 94 valence electrons. The maximum atomic E-state index is 13.6. The summed E-state index contributed by atoms with van der Waals surface area (Å²) in [6.45, 7) is 0. The number of aromatic nitrogens is 1. The van der Waals surface area contributed by atoms with E-state index in [1.165, 1.54) is 24.4 Å². The molecule has 0 spiro atoms. The summed E-state index contributed by atoms with van der Waals surface area (Å²) in [6.07, 6.45) is 1.45. The van der Waals surface area contributed by atoms with E-state index in [4.69, 9.17) is 0 Å². The Morgan fingerprint density at radius 3 is 2.44 bits per heavy atom. The highest BCUT2D eigenvalue weighted by Crippen LogP contribution is 2.23. The van der Waals surface area contributed by atoms with Crippen LogP contribution in [-0.4, -0.2) is 12.0 Å². The van der Waals surface area contributed by atoms with Crippen LogP contribution in [0, 0.1) is 17.5 Å². The molecular formula is C13H11F3N2. The lowest BCUT2D eigenvalue weighted by Gasteiger charge is -2.16. The maximum Gasteiger partial charge on any atom is 0.159 e. The largest absolute Gasteiger partial charge is 0.308 e. The monoisotopic (exact) mass is 252 g/mol. The van der Waals surface area contributed by atoms with E-state index in [1.54, 1.807) is 7.05 Å². The van der Waals surface area contributed by atoms with Crippen molar-refractivity contribution < 1.29 is 13.2 Å². The number of rotatable bonds is 3. The first-order valence-electron chi connectivity index (χ1n) is 5.36. The second kappa shape index (κ2) is 5.18. The van der Waals surface area contributed by atoms with Crippen molar-refractivity contribution in [1.29, 1.82) is 0 Å². The highest BCUT2D eigenvalue weighted by atomic mass is 19.2. The zero-order chi connectivity index (χ0) is 13.1. The van der Waals surface area contributed by atoms with E-state index >= 15 is 0 Å². The van der Waals surface area contributed by atoms with Crippen molar-refractivity contribution in [2.45, 2.75) is 6.04 Å². The molecular weight excluding hydrogens is 241 g/mol. The maximum absolute atomic E-state index is 13.6. The van der Waals surface area contributed by atoms with E-state index in [0.717, 1.165) is 12.1 Å². The Labute approximate surface area is 102 Å². The van der Waals surface area contributed by atoms with Gasteiger partial charge in [-0.1, -0.05) is 6.07 Å². The second-order valence-electron chi connectivity index (χ2n) is 3.77. The minimum atomic E-state index is -0.968. The van der Waals surface area contributed by atoms with Gasteiger partial charge in [0.05, 0.1) is 11.7 Å². The Morgan fingerprint density at radius 2 is 1.83 bits per heavy atom. The Hall–Kier alpha value is -1.88. The molecule has 0 aliphatic carbocycles. The number of hydrogen-bond acceptors (Lipinski definition) is 2. The molecule has 5 heteroatoms. The lowest BCUT2D eigenvalue weighted by atomic mass is 10.0. The van der Waals surface area contributed by atoms with Crippen LogP contribution >= 0.6 is 0 Å². The molecule has 0 saturated heterocycles. The van der Waals surface area contributed by atoms with Crippen LogP contribution in [0.3, 0.4) is 0 Å². The van der Waals surface area contributed by atoms with E-state index in [1.807, 2.05) is 0 Å². The molecule has 1 unspecified atom stereocenters. The van der Waals surface area contributed by atoms with Crippen LogP contribution in [0.2, 0.25) is 0 Å². The molecule has 0 bridgehead atoms. The van der Waals surface area contributed by atoms with Gasteiger partial charge in [0.2, 0.25) is 0 Å². The van der Waals surface area contributed by atoms with Crippen LogP contribution in [0.25, 0.3) is 0 Å². The SMILES string of the molecule is CNC(c1ccc(F)c(F)c1)c1ncccc1F. The molecule has 0 saturated carbocycles. The van der Waals surface area contributed by atoms with E-state index in [-0.39, 0.29) is 5.69 Å². The number of benzene rings is 1. The Morgan fingerprint density at radius 1 is 1.06 bits per heavy atom. The van der Waals surface area contributed by atoms with Gasteiger partial charge in [-0.25, -0.2) is 13.2 Å². The first-order valence-corrected chi connectivity index (χ1v) is 5.36. The standard InChI is InChI=1S/C13H11F3N2/c1-17-12(13-10(15)3-2-6-18-13)8-4-5-9(14)11(16)7-8/h2-7,12,17H,1H3. The van der Waals surface area contributed by atoms with Crippen LogP contribution in [-0.2, 0) is 0 Å². The van der Waals surface area contributed by atoms with Crippen LogP contribution in [0.1, 0.15) is 17.3 Å². The lowest BCUT2D eigenvalue weighted by molar-refractivity contribution is 0.502. The fraction of sp³-hybridized carbons (Fsp3) is 0.154. The van der Waals surface area contributed by atoms with Crippen molar-refractivity contribution >= 4 is 0 Å². The van der Waals surface area contributed by atoms with Gasteiger partial charge in [-0.3, -0.25) is 4.98 Å². The zero-order valence-corrected chi connectivity index (χ0v) is 9.62. The van der Waals surface area contributed by atoms with Crippen molar-refractivity contribution in [3.63, 3.8) is 0 Å². The molecule has 2 aromatic rings. The molecule has 0 amide bonds. The van der Waals surface area contributed by atoms with E-state index in [0.29, 0.717) is 5.56 Å². The number of pyridine rings is 1. The van der Waals surface area contributed by atoms with Crippen LogP contribution < -0.4 is 5.32 Å². The molecule has 2 nitrogen and oxygen atoms in total. The highest BCUT2D eigenvalue weighted by Gasteiger charge is 2.18. The molecule has 0 radical (unpaired) electrons. The van der Waals surface area contributed by atoms with E-state index in [9.17, 15) is 13.2 Å². The zero-order valence-electron chi connectivity index (χ0n) is 9.62.